The Bertz CT molecular complexity index is 1770. The molecule has 0 aromatic heterocycles. The smallest absolute Gasteiger partial charge is 0.207 e. The van der Waals surface area contributed by atoms with Gasteiger partial charge in [-0.05, 0) is 35.9 Å². The van der Waals surface area contributed by atoms with E-state index >= 15 is 0 Å². The van der Waals surface area contributed by atoms with Crippen molar-refractivity contribution in [1.82, 2.24) is 0 Å². The Labute approximate surface area is 213 Å². The normalized spacial score (nSPS) is 11.6. The van der Waals surface area contributed by atoms with Crippen molar-refractivity contribution in [3.8, 4) is 22.5 Å². The number of carbonyl (C=O) groups excluding carboxylic acids is 1. The molecular weight excluding hydrogens is 460 g/mol. The van der Waals surface area contributed by atoms with E-state index in [1.165, 1.54) is 0 Å². The first-order chi connectivity index (χ1) is 18.2. The maximum atomic E-state index is 12.0. The standard InChI is InChI=1S/C32H22N2O3/c35-32(36)26-14-8-7-13-25(26)31-27-17-15-23(33-21-9-3-1-4-10-21)19-29(27)37-30-20-24(16-18-28(30)31)34-22-11-5-2-6-12-22/h1-20,33H,(H,35,36). The van der Waals surface area contributed by atoms with Gasteiger partial charge in [0.05, 0.1) is 12.0 Å². The Morgan fingerprint density at radius 1 is 0.703 bits per heavy atom. The van der Waals surface area contributed by atoms with Crippen molar-refractivity contribution in [2.45, 2.75) is 0 Å². The molecule has 0 saturated carbocycles. The highest BCUT2D eigenvalue weighted by molar-refractivity contribution is 6.07. The van der Waals surface area contributed by atoms with Crippen LogP contribution in [0.25, 0.3) is 33.4 Å². The lowest BCUT2D eigenvalue weighted by Gasteiger charge is -2.18. The maximum Gasteiger partial charge on any atom is 0.207 e. The second-order valence-electron chi connectivity index (χ2n) is 8.71. The predicted octanol–water partition coefficient (Wildman–Crippen LogP) is 4.62. The van der Waals surface area contributed by atoms with Crippen LogP contribution in [0.1, 0.15) is 10.4 Å². The largest absolute Gasteiger partial charge is 0.545 e. The third-order valence-corrected chi connectivity index (χ3v) is 6.26. The average Bonchev–Trinajstić information content (AvgIpc) is 2.93. The van der Waals surface area contributed by atoms with Gasteiger partial charge in [0.15, 0.2) is 0 Å². The molecule has 1 aliphatic carbocycles. The van der Waals surface area contributed by atoms with Crippen molar-refractivity contribution in [2.24, 2.45) is 0 Å². The van der Waals surface area contributed by atoms with Crippen LogP contribution in [-0.2, 0) is 0 Å². The number of hydrogen-bond acceptors (Lipinski definition) is 4. The summed E-state index contributed by atoms with van der Waals surface area (Å²) >= 11 is 0. The zero-order valence-electron chi connectivity index (χ0n) is 19.8. The lowest BCUT2D eigenvalue weighted by atomic mass is 9.90. The second-order valence-corrected chi connectivity index (χ2v) is 8.71. The number of aromatic carboxylic acids is 1. The first kappa shape index (κ1) is 22.3. The average molecular weight is 483 g/mol. The van der Waals surface area contributed by atoms with E-state index in [9.17, 15) is 9.90 Å². The van der Waals surface area contributed by atoms with Crippen molar-refractivity contribution in [3.05, 3.63) is 132 Å². The van der Waals surface area contributed by atoms with Gasteiger partial charge in [0, 0.05) is 57.7 Å². The quantitative estimate of drug-likeness (QED) is 0.352. The summed E-state index contributed by atoms with van der Waals surface area (Å²) in [6, 6.07) is 38.4. The van der Waals surface area contributed by atoms with Gasteiger partial charge < -0.3 is 19.6 Å². The Hall–Kier alpha value is -5.16. The van der Waals surface area contributed by atoms with E-state index in [4.69, 9.17) is 4.42 Å². The third-order valence-electron chi connectivity index (χ3n) is 6.26. The van der Waals surface area contributed by atoms with Crippen LogP contribution in [-0.4, -0.2) is 5.97 Å². The first-order valence-corrected chi connectivity index (χ1v) is 11.9. The Balaban J connectivity index is 1.61. The highest BCUT2D eigenvalue weighted by Crippen LogP contribution is 2.41. The van der Waals surface area contributed by atoms with Crippen molar-refractivity contribution >= 4 is 34.0 Å². The molecule has 5 nitrogen and oxygen atoms in total. The molecule has 178 valence electrons. The molecule has 0 fully saturated rings. The summed E-state index contributed by atoms with van der Waals surface area (Å²) in [5, 5.41) is 17.1. The number of rotatable bonds is 5. The van der Waals surface area contributed by atoms with Gasteiger partial charge in [-0.15, -0.1) is 0 Å². The van der Waals surface area contributed by atoms with Crippen LogP contribution in [0.4, 0.5) is 17.1 Å². The fourth-order valence-corrected chi connectivity index (χ4v) is 4.59. The summed E-state index contributed by atoms with van der Waals surface area (Å²) in [7, 11) is 0. The third kappa shape index (κ3) is 4.46. The van der Waals surface area contributed by atoms with Gasteiger partial charge in [0.25, 0.3) is 0 Å². The molecule has 4 aromatic carbocycles. The summed E-state index contributed by atoms with van der Waals surface area (Å²) in [6.07, 6.45) is 0. The molecule has 0 bridgehead atoms. The molecule has 1 aliphatic heterocycles. The van der Waals surface area contributed by atoms with Gasteiger partial charge >= 0.3 is 0 Å². The number of carboxylic acids is 1. The van der Waals surface area contributed by atoms with Crippen molar-refractivity contribution in [3.63, 3.8) is 0 Å². The van der Waals surface area contributed by atoms with Crippen LogP contribution in [0.2, 0.25) is 0 Å². The molecule has 2 N–H and O–H groups in total. The van der Waals surface area contributed by atoms with Gasteiger partial charge in [-0.3, -0.25) is 0 Å². The number of para-hydroxylation sites is 2. The van der Waals surface area contributed by atoms with Crippen LogP contribution >= 0.6 is 0 Å². The van der Waals surface area contributed by atoms with E-state index in [1.807, 2.05) is 109 Å². The summed E-state index contributed by atoms with van der Waals surface area (Å²) in [6.45, 7) is 0. The monoisotopic (exact) mass is 482 g/mol. The Morgan fingerprint density at radius 3 is 2.22 bits per heavy atom. The molecule has 0 radical (unpaired) electrons. The van der Waals surface area contributed by atoms with E-state index in [2.05, 4.69) is 10.3 Å². The first-order valence-electron chi connectivity index (χ1n) is 11.9. The molecule has 0 spiro atoms. The van der Waals surface area contributed by atoms with Crippen LogP contribution in [0, 0.1) is 0 Å². The number of fused-ring (bicyclic) bond motifs is 2. The lowest BCUT2D eigenvalue weighted by molar-refractivity contribution is -0.402. The summed E-state index contributed by atoms with van der Waals surface area (Å²) in [5.74, 6) is -0.587. The van der Waals surface area contributed by atoms with E-state index in [0.29, 0.717) is 16.9 Å². The van der Waals surface area contributed by atoms with Crippen molar-refractivity contribution < 1.29 is 19.3 Å². The molecule has 0 atom stereocenters. The number of anilines is 2. The van der Waals surface area contributed by atoms with Crippen LogP contribution in [0.5, 0.6) is 0 Å². The second kappa shape index (κ2) is 9.47. The lowest BCUT2D eigenvalue weighted by Crippen LogP contribution is -2.70. The highest BCUT2D eigenvalue weighted by Gasteiger charge is 2.20. The number of carboxylic acid groups (broad SMARTS) is 1. The van der Waals surface area contributed by atoms with Crippen molar-refractivity contribution in [2.75, 3.05) is 5.32 Å². The summed E-state index contributed by atoms with van der Waals surface area (Å²) < 4.78 is 6.42. The summed E-state index contributed by atoms with van der Waals surface area (Å²) in [5.41, 5.74) is 5.72. The topological polar surface area (TPSA) is 79.3 Å². The van der Waals surface area contributed by atoms with E-state index in [1.54, 1.807) is 12.1 Å². The van der Waals surface area contributed by atoms with Gasteiger partial charge in [-0.2, -0.15) is 0 Å². The van der Waals surface area contributed by atoms with Crippen LogP contribution < -0.4 is 20.8 Å². The molecule has 1 heterocycles. The number of nitrogens with one attached hydrogen (secondary N) is 2. The molecular formula is C32H22N2O3. The Kier molecular flexibility index (Phi) is 5.71. The number of hydrogen-bond donors (Lipinski definition) is 2. The molecule has 0 saturated heterocycles. The zero-order chi connectivity index (χ0) is 25.2. The SMILES string of the molecule is O=C([O-])c1ccccc1-c1c2ccc(=[NH+]c3ccccc3)cc-2oc2cc(Nc3ccccc3)ccc12. The van der Waals surface area contributed by atoms with Gasteiger partial charge in [-0.1, -0.05) is 60.7 Å². The van der Waals surface area contributed by atoms with E-state index in [-0.39, 0.29) is 5.56 Å². The van der Waals surface area contributed by atoms with Gasteiger partial charge in [0.2, 0.25) is 11.0 Å². The molecule has 6 rings (SSSR count). The predicted molar refractivity (Wildman–Crippen MR) is 143 cm³/mol. The molecule has 4 aromatic rings. The zero-order valence-corrected chi connectivity index (χ0v) is 19.8. The highest BCUT2D eigenvalue weighted by atomic mass is 16.4. The maximum absolute atomic E-state index is 12.0. The molecule has 2 aliphatic rings. The fraction of sp³-hybridized carbons (Fsp3) is 0. The molecule has 37 heavy (non-hydrogen) atoms. The fourth-order valence-electron chi connectivity index (χ4n) is 4.59. The molecule has 0 unspecified atom stereocenters. The van der Waals surface area contributed by atoms with E-state index in [0.717, 1.165) is 38.9 Å². The minimum Gasteiger partial charge on any atom is -0.545 e. The van der Waals surface area contributed by atoms with E-state index < -0.39 is 5.97 Å². The van der Waals surface area contributed by atoms with Crippen molar-refractivity contribution in [1.29, 1.82) is 0 Å². The van der Waals surface area contributed by atoms with Gasteiger partial charge in [0.1, 0.15) is 11.3 Å². The Morgan fingerprint density at radius 2 is 1.43 bits per heavy atom. The molecule has 5 heteroatoms. The van der Waals surface area contributed by atoms with Crippen LogP contribution in [0.3, 0.4) is 0 Å². The number of carbonyl (C=O) groups is 1. The summed E-state index contributed by atoms with van der Waals surface area (Å²) in [4.78, 5) is 15.4. The number of benzene rings is 5. The molecule has 0 amide bonds. The minimum absolute atomic E-state index is 0.134. The van der Waals surface area contributed by atoms with Crippen LogP contribution in [0.15, 0.2) is 126 Å². The van der Waals surface area contributed by atoms with Gasteiger partial charge in [-0.25, -0.2) is 4.99 Å². The minimum atomic E-state index is -1.22.